The molecule has 0 saturated heterocycles. The smallest absolute Gasteiger partial charge is 0.292 e. The molecule has 1 aromatic carbocycles. The summed E-state index contributed by atoms with van der Waals surface area (Å²) in [6, 6.07) is 12.7. The quantitative estimate of drug-likeness (QED) is 0.768. The number of aromatic nitrogens is 2. The van der Waals surface area contributed by atoms with E-state index in [-0.39, 0.29) is 11.7 Å². The molecule has 0 aliphatic rings. The van der Waals surface area contributed by atoms with E-state index in [4.69, 9.17) is 4.42 Å². The monoisotopic (exact) mass is 308 g/mol. The van der Waals surface area contributed by atoms with Crippen LogP contribution >= 0.6 is 0 Å². The Hall–Kier alpha value is -3.15. The van der Waals surface area contributed by atoms with E-state index in [9.17, 15) is 4.79 Å². The number of nitrogens with zero attached hydrogens (tertiary/aromatic N) is 2. The van der Waals surface area contributed by atoms with Gasteiger partial charge in [0.2, 0.25) is 0 Å². The summed E-state index contributed by atoms with van der Waals surface area (Å²) in [5.74, 6) is 0.834. The van der Waals surface area contributed by atoms with E-state index in [1.807, 2.05) is 32.0 Å². The van der Waals surface area contributed by atoms with Crippen LogP contribution in [0.4, 0.5) is 17.3 Å². The highest BCUT2D eigenvalue weighted by atomic mass is 16.3. The molecule has 2 heterocycles. The summed E-state index contributed by atoms with van der Waals surface area (Å²) in [5, 5.41) is 13.9. The number of anilines is 3. The Kier molecular flexibility index (Phi) is 4.05. The zero-order valence-corrected chi connectivity index (χ0v) is 12.8. The fraction of sp³-hybridized carbons (Fsp3) is 0.118. The SMILES string of the molecule is Cc1cccc(C)c1Nc1ccc(NC(=O)c2ccco2)nn1. The second kappa shape index (κ2) is 6.31. The molecule has 0 unspecified atom stereocenters. The first-order valence-electron chi connectivity index (χ1n) is 7.15. The molecule has 2 N–H and O–H groups in total. The number of para-hydroxylation sites is 1. The summed E-state index contributed by atoms with van der Waals surface area (Å²) in [6.07, 6.45) is 1.44. The van der Waals surface area contributed by atoms with Gasteiger partial charge in [0.1, 0.15) is 0 Å². The van der Waals surface area contributed by atoms with Gasteiger partial charge in [0.25, 0.3) is 5.91 Å². The molecule has 6 heteroatoms. The first kappa shape index (κ1) is 14.8. The van der Waals surface area contributed by atoms with Gasteiger partial charge in [0.15, 0.2) is 17.4 Å². The number of hydrogen-bond acceptors (Lipinski definition) is 5. The molecule has 0 bridgehead atoms. The first-order chi connectivity index (χ1) is 11.1. The highest BCUT2D eigenvalue weighted by molar-refractivity contribution is 6.01. The largest absolute Gasteiger partial charge is 0.459 e. The van der Waals surface area contributed by atoms with Gasteiger partial charge in [0, 0.05) is 5.69 Å². The van der Waals surface area contributed by atoms with Crippen molar-refractivity contribution in [2.45, 2.75) is 13.8 Å². The Balaban J connectivity index is 1.71. The summed E-state index contributed by atoms with van der Waals surface area (Å²) < 4.78 is 5.02. The number of benzene rings is 1. The normalized spacial score (nSPS) is 10.3. The van der Waals surface area contributed by atoms with E-state index >= 15 is 0 Å². The van der Waals surface area contributed by atoms with E-state index in [1.54, 1.807) is 24.3 Å². The number of rotatable bonds is 4. The molecule has 2 aromatic heterocycles. The van der Waals surface area contributed by atoms with Gasteiger partial charge in [-0.1, -0.05) is 18.2 Å². The molecule has 0 aliphatic carbocycles. The van der Waals surface area contributed by atoms with Crippen molar-refractivity contribution in [1.29, 1.82) is 0 Å². The van der Waals surface area contributed by atoms with Gasteiger partial charge < -0.3 is 15.1 Å². The minimum atomic E-state index is -0.361. The minimum absolute atomic E-state index is 0.226. The van der Waals surface area contributed by atoms with Crippen LogP contribution in [0, 0.1) is 13.8 Å². The average molecular weight is 308 g/mol. The van der Waals surface area contributed by atoms with Crippen molar-refractivity contribution in [2.24, 2.45) is 0 Å². The fourth-order valence-corrected chi connectivity index (χ4v) is 2.19. The zero-order chi connectivity index (χ0) is 16.2. The van der Waals surface area contributed by atoms with E-state index in [1.165, 1.54) is 6.26 Å². The molecule has 3 aromatic rings. The average Bonchev–Trinajstić information content (AvgIpc) is 3.07. The van der Waals surface area contributed by atoms with Gasteiger partial charge in [-0.25, -0.2) is 0 Å². The maximum absolute atomic E-state index is 11.9. The van der Waals surface area contributed by atoms with Crippen molar-refractivity contribution >= 4 is 23.2 Å². The highest BCUT2D eigenvalue weighted by Gasteiger charge is 2.10. The summed E-state index contributed by atoms with van der Waals surface area (Å²) in [7, 11) is 0. The van der Waals surface area contributed by atoms with Crippen LogP contribution in [-0.4, -0.2) is 16.1 Å². The third-order valence-electron chi connectivity index (χ3n) is 3.39. The maximum atomic E-state index is 11.9. The van der Waals surface area contributed by atoms with E-state index in [2.05, 4.69) is 20.8 Å². The molecule has 23 heavy (non-hydrogen) atoms. The van der Waals surface area contributed by atoms with E-state index < -0.39 is 0 Å². The van der Waals surface area contributed by atoms with Crippen LogP contribution < -0.4 is 10.6 Å². The van der Waals surface area contributed by atoms with Crippen molar-refractivity contribution in [3.63, 3.8) is 0 Å². The van der Waals surface area contributed by atoms with Gasteiger partial charge in [0.05, 0.1) is 6.26 Å². The lowest BCUT2D eigenvalue weighted by Gasteiger charge is -2.11. The van der Waals surface area contributed by atoms with Gasteiger partial charge in [-0.2, -0.15) is 0 Å². The number of nitrogens with one attached hydrogen (secondary N) is 2. The predicted octanol–water partition coefficient (Wildman–Crippen LogP) is 3.68. The number of aryl methyl sites for hydroxylation is 2. The molecule has 1 amide bonds. The predicted molar refractivity (Wildman–Crippen MR) is 87.9 cm³/mol. The molecule has 0 saturated carbocycles. The zero-order valence-electron chi connectivity index (χ0n) is 12.8. The molecule has 0 atom stereocenters. The van der Waals surface area contributed by atoms with Gasteiger partial charge >= 0.3 is 0 Å². The summed E-state index contributed by atoms with van der Waals surface area (Å²) in [6.45, 7) is 4.06. The molecule has 0 spiro atoms. The third-order valence-corrected chi connectivity index (χ3v) is 3.39. The van der Waals surface area contributed by atoms with Crippen molar-refractivity contribution in [3.8, 4) is 0 Å². The van der Waals surface area contributed by atoms with Crippen LogP contribution in [-0.2, 0) is 0 Å². The second-order valence-electron chi connectivity index (χ2n) is 5.13. The van der Waals surface area contributed by atoms with E-state index in [0.29, 0.717) is 11.6 Å². The van der Waals surface area contributed by atoms with Crippen molar-refractivity contribution in [2.75, 3.05) is 10.6 Å². The molecular formula is C17H16N4O2. The summed E-state index contributed by atoms with van der Waals surface area (Å²) in [4.78, 5) is 11.9. The Morgan fingerprint density at radius 3 is 2.26 bits per heavy atom. The van der Waals surface area contributed by atoms with Crippen LogP contribution in [0.2, 0.25) is 0 Å². The van der Waals surface area contributed by atoms with Gasteiger partial charge in [-0.15, -0.1) is 10.2 Å². The number of furan rings is 1. The topological polar surface area (TPSA) is 80.0 Å². The van der Waals surface area contributed by atoms with Crippen LogP contribution in [0.25, 0.3) is 0 Å². The lowest BCUT2D eigenvalue weighted by atomic mass is 10.1. The number of hydrogen-bond donors (Lipinski definition) is 2. The number of carbonyl (C=O) groups is 1. The lowest BCUT2D eigenvalue weighted by molar-refractivity contribution is 0.0996. The fourth-order valence-electron chi connectivity index (χ4n) is 2.19. The first-order valence-corrected chi connectivity index (χ1v) is 7.15. The van der Waals surface area contributed by atoms with Gasteiger partial charge in [-0.3, -0.25) is 4.79 Å². The molecule has 116 valence electrons. The van der Waals surface area contributed by atoms with Crippen LogP contribution in [0.5, 0.6) is 0 Å². The van der Waals surface area contributed by atoms with E-state index in [0.717, 1.165) is 16.8 Å². The Morgan fingerprint density at radius 2 is 1.65 bits per heavy atom. The molecular weight excluding hydrogens is 292 g/mol. The molecule has 0 radical (unpaired) electrons. The van der Waals surface area contributed by atoms with Crippen molar-refractivity contribution in [1.82, 2.24) is 10.2 Å². The van der Waals surface area contributed by atoms with Crippen LogP contribution in [0.3, 0.4) is 0 Å². The Morgan fingerprint density at radius 1 is 0.957 bits per heavy atom. The summed E-state index contributed by atoms with van der Waals surface area (Å²) >= 11 is 0. The van der Waals surface area contributed by atoms with Crippen molar-refractivity contribution in [3.05, 3.63) is 65.6 Å². The maximum Gasteiger partial charge on any atom is 0.292 e. The summed E-state index contributed by atoms with van der Waals surface area (Å²) in [5.41, 5.74) is 3.26. The van der Waals surface area contributed by atoms with Gasteiger partial charge in [-0.05, 0) is 49.2 Å². The van der Waals surface area contributed by atoms with Crippen LogP contribution in [0.1, 0.15) is 21.7 Å². The third kappa shape index (κ3) is 3.37. The van der Waals surface area contributed by atoms with Crippen molar-refractivity contribution < 1.29 is 9.21 Å². The minimum Gasteiger partial charge on any atom is -0.459 e. The highest BCUT2D eigenvalue weighted by Crippen LogP contribution is 2.23. The Labute approximate surface area is 133 Å². The molecule has 3 rings (SSSR count). The molecule has 6 nitrogen and oxygen atoms in total. The second-order valence-corrected chi connectivity index (χ2v) is 5.13. The number of amides is 1. The lowest BCUT2D eigenvalue weighted by Crippen LogP contribution is -2.12. The standard InChI is InChI=1S/C17H16N4O2/c1-11-5-3-6-12(2)16(11)18-14-8-9-15(21-20-14)19-17(22)13-7-4-10-23-13/h3-10H,1-2H3,(H,18,20)(H,19,21,22). The molecule has 0 fully saturated rings. The van der Waals surface area contributed by atoms with Crippen LogP contribution in [0.15, 0.2) is 53.1 Å². The Bertz CT molecular complexity index is 791. The number of carbonyl (C=O) groups excluding carboxylic acids is 1. The molecule has 0 aliphatic heterocycles.